The van der Waals surface area contributed by atoms with Crippen molar-refractivity contribution in [1.29, 1.82) is 0 Å². The predicted octanol–water partition coefficient (Wildman–Crippen LogP) is 0.739. The Morgan fingerprint density at radius 2 is 1.96 bits per heavy atom. The van der Waals surface area contributed by atoms with E-state index in [9.17, 15) is 22.4 Å². The van der Waals surface area contributed by atoms with Gasteiger partial charge in [0.15, 0.2) is 11.8 Å². The van der Waals surface area contributed by atoms with Crippen molar-refractivity contribution in [3.05, 3.63) is 59.2 Å². The van der Waals surface area contributed by atoms with Gasteiger partial charge in [-0.1, -0.05) is 12.1 Å². The van der Waals surface area contributed by atoms with Crippen LogP contribution < -0.4 is 4.72 Å². The second-order valence-corrected chi connectivity index (χ2v) is 6.91. The van der Waals surface area contributed by atoms with Gasteiger partial charge in [-0.05, 0) is 23.8 Å². The third-order valence-electron chi connectivity index (χ3n) is 3.56. The molecule has 2 heterocycles. The van der Waals surface area contributed by atoms with E-state index in [1.54, 1.807) is 0 Å². The molecule has 1 aromatic heterocycles. The summed E-state index contributed by atoms with van der Waals surface area (Å²) in [6.45, 7) is 0. The molecular weight excluding hydrogens is 339 g/mol. The Labute approximate surface area is 136 Å². The lowest BCUT2D eigenvalue weighted by molar-refractivity contribution is -0.137. The molecule has 1 unspecified atom stereocenters. The number of fused-ring (bicyclic) bond motifs is 1. The molecule has 2 N–H and O–H groups in total. The van der Waals surface area contributed by atoms with E-state index in [4.69, 9.17) is 5.11 Å². The molecule has 1 aliphatic heterocycles. The van der Waals surface area contributed by atoms with E-state index in [-0.39, 0.29) is 16.9 Å². The van der Waals surface area contributed by atoms with Gasteiger partial charge in [-0.15, -0.1) is 0 Å². The first-order valence-corrected chi connectivity index (χ1v) is 8.29. The number of carbonyl (C=O) groups is 2. The van der Waals surface area contributed by atoms with E-state index in [0.29, 0.717) is 11.3 Å². The van der Waals surface area contributed by atoms with E-state index in [2.05, 4.69) is 4.98 Å². The van der Waals surface area contributed by atoms with Gasteiger partial charge in [-0.3, -0.25) is 9.78 Å². The summed E-state index contributed by atoms with van der Waals surface area (Å²) in [6, 6.07) is 5.02. The zero-order valence-electron chi connectivity index (χ0n) is 12.1. The summed E-state index contributed by atoms with van der Waals surface area (Å²) in [6.07, 6.45) is 1.26. The minimum absolute atomic E-state index is 0.215. The summed E-state index contributed by atoms with van der Waals surface area (Å²) in [5, 5.41) is 9.00. The fourth-order valence-corrected chi connectivity index (χ4v) is 3.68. The maximum Gasteiger partial charge on any atom is 0.329 e. The Balaban J connectivity index is 2.01. The number of sulfonamides is 1. The second kappa shape index (κ2) is 5.77. The zero-order chi connectivity index (χ0) is 17.5. The quantitative estimate of drug-likeness (QED) is 0.790. The van der Waals surface area contributed by atoms with Crippen molar-refractivity contribution in [3.63, 3.8) is 0 Å². The maximum atomic E-state index is 12.9. The van der Waals surface area contributed by atoms with Gasteiger partial charge >= 0.3 is 5.97 Å². The number of Topliss-reactive ketones (excluding diaryl/α,β-unsaturated/α-hetero) is 1. The molecule has 0 fully saturated rings. The number of nitrogens with one attached hydrogen (secondary N) is 1. The lowest BCUT2D eigenvalue weighted by atomic mass is 10.0. The van der Waals surface area contributed by atoms with Crippen LogP contribution in [0.1, 0.15) is 21.6 Å². The smallest absolute Gasteiger partial charge is 0.329 e. The molecule has 0 spiro atoms. The SMILES string of the molecule is O=C(O)C1NS(=O)(=O)c2cnc(Cc3ccc(F)cc3)cc2C1=O. The van der Waals surface area contributed by atoms with Crippen molar-refractivity contribution >= 4 is 21.8 Å². The van der Waals surface area contributed by atoms with Crippen molar-refractivity contribution in [2.45, 2.75) is 17.4 Å². The predicted molar refractivity (Wildman–Crippen MR) is 79.5 cm³/mol. The lowest BCUT2D eigenvalue weighted by Gasteiger charge is -2.21. The van der Waals surface area contributed by atoms with Crippen LogP contribution in [-0.4, -0.2) is 36.3 Å². The van der Waals surface area contributed by atoms with Gasteiger partial charge in [0.05, 0.1) is 0 Å². The summed E-state index contributed by atoms with van der Waals surface area (Å²) in [5.74, 6) is -2.82. The Morgan fingerprint density at radius 3 is 2.58 bits per heavy atom. The number of carboxylic acid groups (broad SMARTS) is 1. The fraction of sp³-hybridized carbons (Fsp3) is 0.133. The largest absolute Gasteiger partial charge is 0.480 e. The molecule has 7 nitrogen and oxygen atoms in total. The van der Waals surface area contributed by atoms with Crippen LogP contribution in [0.4, 0.5) is 4.39 Å². The summed E-state index contributed by atoms with van der Waals surface area (Å²) < 4.78 is 38.8. The first-order valence-electron chi connectivity index (χ1n) is 6.80. The highest BCUT2D eigenvalue weighted by atomic mass is 32.2. The molecular formula is C15H11FN2O5S. The van der Waals surface area contributed by atoms with Gasteiger partial charge in [0.2, 0.25) is 10.0 Å². The molecule has 3 rings (SSSR count). The Bertz CT molecular complexity index is 941. The highest BCUT2D eigenvalue weighted by molar-refractivity contribution is 7.89. The van der Waals surface area contributed by atoms with Gasteiger partial charge in [0.25, 0.3) is 0 Å². The van der Waals surface area contributed by atoms with E-state index < -0.39 is 33.6 Å². The lowest BCUT2D eigenvalue weighted by Crippen LogP contribution is -2.50. The maximum absolute atomic E-state index is 12.9. The number of nitrogens with zero attached hydrogens (tertiary/aromatic N) is 1. The molecule has 2 aromatic rings. The summed E-state index contributed by atoms with van der Waals surface area (Å²) in [5.41, 5.74) is 0.867. The number of ketones is 1. The number of rotatable bonds is 3. The van der Waals surface area contributed by atoms with E-state index >= 15 is 0 Å². The third-order valence-corrected chi connectivity index (χ3v) is 5.01. The van der Waals surface area contributed by atoms with Crippen LogP contribution in [0.15, 0.2) is 41.4 Å². The number of hydrogen-bond donors (Lipinski definition) is 2. The molecule has 124 valence electrons. The Kier molecular flexibility index (Phi) is 3.90. The molecule has 0 radical (unpaired) electrons. The minimum Gasteiger partial charge on any atom is -0.480 e. The van der Waals surface area contributed by atoms with Gasteiger partial charge in [0, 0.05) is 23.9 Å². The molecule has 0 amide bonds. The second-order valence-electron chi connectivity index (χ2n) is 5.23. The average Bonchev–Trinajstić information content (AvgIpc) is 2.53. The molecule has 24 heavy (non-hydrogen) atoms. The summed E-state index contributed by atoms with van der Waals surface area (Å²) >= 11 is 0. The van der Waals surface area contributed by atoms with Gasteiger partial charge < -0.3 is 5.11 Å². The highest BCUT2D eigenvalue weighted by Gasteiger charge is 2.40. The molecule has 0 aliphatic carbocycles. The normalized spacial score (nSPS) is 18.9. The van der Waals surface area contributed by atoms with Crippen molar-refractivity contribution in [3.8, 4) is 0 Å². The van der Waals surface area contributed by atoms with Crippen LogP contribution >= 0.6 is 0 Å². The van der Waals surface area contributed by atoms with E-state index in [1.165, 1.54) is 30.3 Å². The third kappa shape index (κ3) is 2.91. The fourth-order valence-electron chi connectivity index (χ4n) is 2.39. The number of aliphatic carboxylic acids is 1. The topological polar surface area (TPSA) is 113 Å². The molecule has 1 aliphatic rings. The van der Waals surface area contributed by atoms with Crippen LogP contribution in [0, 0.1) is 5.82 Å². The van der Waals surface area contributed by atoms with Crippen molar-refractivity contribution in [2.75, 3.05) is 0 Å². The van der Waals surface area contributed by atoms with Crippen LogP contribution in [0.25, 0.3) is 0 Å². The molecule has 1 atom stereocenters. The number of benzene rings is 1. The zero-order valence-corrected chi connectivity index (χ0v) is 12.9. The number of pyridine rings is 1. The van der Waals surface area contributed by atoms with Crippen LogP contribution in [0.5, 0.6) is 0 Å². The number of halogens is 1. The van der Waals surface area contributed by atoms with Crippen molar-refractivity contribution in [1.82, 2.24) is 9.71 Å². The highest BCUT2D eigenvalue weighted by Crippen LogP contribution is 2.24. The van der Waals surface area contributed by atoms with Gasteiger partial charge in [-0.2, -0.15) is 4.72 Å². The van der Waals surface area contributed by atoms with Gasteiger partial charge in [0.1, 0.15) is 10.7 Å². The number of carboxylic acids is 1. The van der Waals surface area contributed by atoms with Crippen LogP contribution in [-0.2, 0) is 21.2 Å². The molecule has 0 saturated carbocycles. The summed E-state index contributed by atoms with van der Waals surface area (Å²) in [7, 11) is -4.13. The number of hydrogen-bond acceptors (Lipinski definition) is 5. The Hall–Kier alpha value is -2.65. The molecule has 1 aromatic carbocycles. The van der Waals surface area contributed by atoms with Crippen LogP contribution in [0.2, 0.25) is 0 Å². The molecule has 0 saturated heterocycles. The van der Waals surface area contributed by atoms with Crippen LogP contribution in [0.3, 0.4) is 0 Å². The monoisotopic (exact) mass is 350 g/mol. The number of aromatic nitrogens is 1. The van der Waals surface area contributed by atoms with Gasteiger partial charge in [-0.25, -0.2) is 17.6 Å². The van der Waals surface area contributed by atoms with Crippen molar-refractivity contribution < 1.29 is 27.5 Å². The molecule has 9 heteroatoms. The standard InChI is InChI=1S/C15H11FN2O5S/c16-9-3-1-8(2-4-9)5-10-6-11-12(7-17-10)24(22,23)18-13(14(11)19)15(20)21/h1-4,6-7,13,18H,5H2,(H,20,21). The first kappa shape index (κ1) is 16.2. The summed E-state index contributed by atoms with van der Waals surface area (Å²) in [4.78, 5) is 26.9. The first-order chi connectivity index (χ1) is 11.3. The Morgan fingerprint density at radius 1 is 1.29 bits per heavy atom. The molecule has 0 bridgehead atoms. The average molecular weight is 350 g/mol. The minimum atomic E-state index is -4.13. The van der Waals surface area contributed by atoms with E-state index in [1.807, 2.05) is 4.72 Å². The van der Waals surface area contributed by atoms with E-state index in [0.717, 1.165) is 6.20 Å². The number of carbonyl (C=O) groups excluding carboxylic acids is 1. The van der Waals surface area contributed by atoms with Crippen molar-refractivity contribution in [2.24, 2.45) is 0 Å².